The molecule has 1 aliphatic heterocycles. The van der Waals surface area contributed by atoms with Crippen LogP contribution in [-0.4, -0.2) is 29.8 Å². The summed E-state index contributed by atoms with van der Waals surface area (Å²) in [5.41, 5.74) is 8.10. The molecule has 5 nitrogen and oxygen atoms in total. The van der Waals surface area contributed by atoms with E-state index in [1.165, 1.54) is 0 Å². The van der Waals surface area contributed by atoms with Crippen LogP contribution in [0.1, 0.15) is 31.2 Å². The minimum atomic E-state index is -0.177. The molecule has 2 rings (SSSR count). The van der Waals surface area contributed by atoms with Gasteiger partial charge in [-0.1, -0.05) is 12.5 Å². The highest BCUT2D eigenvalue weighted by atomic mass is 16.2. The molecule has 1 aliphatic rings. The average Bonchev–Trinajstić information content (AvgIpc) is 2.59. The molecule has 0 unspecified atom stereocenters. The number of rotatable bonds is 3. The lowest BCUT2D eigenvalue weighted by atomic mass is 10.2. The van der Waals surface area contributed by atoms with Crippen molar-refractivity contribution in [3.8, 4) is 0 Å². The third-order valence-electron chi connectivity index (χ3n) is 3.57. The lowest BCUT2D eigenvalue weighted by molar-refractivity contribution is -0.134. The van der Waals surface area contributed by atoms with Crippen LogP contribution in [-0.2, 0) is 9.59 Å². The normalized spacial score (nSPS) is 15.8. The molecule has 0 atom stereocenters. The van der Waals surface area contributed by atoms with Crippen LogP contribution in [0, 0.1) is 6.92 Å². The van der Waals surface area contributed by atoms with Gasteiger partial charge in [-0.15, -0.1) is 0 Å². The summed E-state index contributed by atoms with van der Waals surface area (Å²) in [6.45, 7) is 2.70. The van der Waals surface area contributed by atoms with Gasteiger partial charge in [0, 0.05) is 24.3 Å². The average molecular weight is 275 g/mol. The third kappa shape index (κ3) is 3.73. The Bertz CT molecular complexity index is 514. The first kappa shape index (κ1) is 14.4. The van der Waals surface area contributed by atoms with Crippen LogP contribution in [0.15, 0.2) is 18.2 Å². The molecule has 0 radical (unpaired) electrons. The number of nitrogens with zero attached hydrogens (tertiary/aromatic N) is 1. The van der Waals surface area contributed by atoms with Crippen molar-refractivity contribution in [2.75, 3.05) is 24.1 Å². The standard InChI is InChI=1S/C15H21N3O2/c1-11-6-7-12(9-13(11)16)17-14(19)10-18-8-4-2-3-5-15(18)20/h6-7,9H,2-5,8,10,16H2,1H3,(H,17,19). The number of benzene rings is 1. The fourth-order valence-electron chi connectivity index (χ4n) is 2.30. The van der Waals surface area contributed by atoms with E-state index in [-0.39, 0.29) is 18.4 Å². The van der Waals surface area contributed by atoms with Crippen molar-refractivity contribution in [3.05, 3.63) is 23.8 Å². The molecule has 1 aromatic carbocycles. The van der Waals surface area contributed by atoms with Gasteiger partial charge in [0.15, 0.2) is 0 Å². The first-order valence-electron chi connectivity index (χ1n) is 7.00. The number of nitrogens with one attached hydrogen (secondary N) is 1. The van der Waals surface area contributed by atoms with E-state index in [0.717, 1.165) is 24.8 Å². The summed E-state index contributed by atoms with van der Waals surface area (Å²) in [6, 6.07) is 5.41. The van der Waals surface area contributed by atoms with Crippen molar-refractivity contribution in [3.63, 3.8) is 0 Å². The van der Waals surface area contributed by atoms with E-state index >= 15 is 0 Å². The highest BCUT2D eigenvalue weighted by molar-refractivity contribution is 5.95. The number of anilines is 2. The van der Waals surface area contributed by atoms with Gasteiger partial charge in [0.2, 0.25) is 11.8 Å². The lowest BCUT2D eigenvalue weighted by Crippen LogP contribution is -2.37. The number of nitrogens with two attached hydrogens (primary N) is 1. The van der Waals surface area contributed by atoms with E-state index in [2.05, 4.69) is 5.32 Å². The van der Waals surface area contributed by atoms with E-state index in [1.54, 1.807) is 11.0 Å². The molecular formula is C15H21N3O2. The van der Waals surface area contributed by atoms with Gasteiger partial charge in [0.05, 0.1) is 6.54 Å². The fraction of sp³-hybridized carbons (Fsp3) is 0.467. The first-order valence-corrected chi connectivity index (χ1v) is 7.00. The van der Waals surface area contributed by atoms with E-state index in [9.17, 15) is 9.59 Å². The first-order chi connectivity index (χ1) is 9.56. The van der Waals surface area contributed by atoms with Gasteiger partial charge in [-0.2, -0.15) is 0 Å². The summed E-state index contributed by atoms with van der Waals surface area (Å²) < 4.78 is 0. The molecule has 1 fully saturated rings. The molecule has 3 N–H and O–H groups in total. The van der Waals surface area contributed by atoms with Crippen LogP contribution in [0.3, 0.4) is 0 Å². The molecule has 0 aliphatic carbocycles. The highest BCUT2D eigenvalue weighted by Gasteiger charge is 2.19. The molecule has 1 aromatic rings. The van der Waals surface area contributed by atoms with Crippen molar-refractivity contribution in [2.24, 2.45) is 0 Å². The Morgan fingerprint density at radius 2 is 2.15 bits per heavy atom. The summed E-state index contributed by atoms with van der Waals surface area (Å²) in [7, 11) is 0. The summed E-state index contributed by atoms with van der Waals surface area (Å²) in [5.74, 6) is -0.107. The Labute approximate surface area is 119 Å². The maximum absolute atomic E-state index is 12.0. The topological polar surface area (TPSA) is 75.4 Å². The molecule has 1 heterocycles. The van der Waals surface area contributed by atoms with Crippen LogP contribution in [0.4, 0.5) is 11.4 Å². The second-order valence-corrected chi connectivity index (χ2v) is 5.25. The summed E-state index contributed by atoms with van der Waals surface area (Å²) >= 11 is 0. The van der Waals surface area contributed by atoms with Crippen molar-refractivity contribution in [1.82, 2.24) is 4.90 Å². The van der Waals surface area contributed by atoms with E-state index in [0.29, 0.717) is 24.3 Å². The molecule has 0 spiro atoms. The van der Waals surface area contributed by atoms with Gasteiger partial charge in [-0.25, -0.2) is 0 Å². The van der Waals surface area contributed by atoms with E-state index < -0.39 is 0 Å². The van der Waals surface area contributed by atoms with Gasteiger partial charge >= 0.3 is 0 Å². The van der Waals surface area contributed by atoms with Crippen LogP contribution < -0.4 is 11.1 Å². The van der Waals surface area contributed by atoms with Crippen molar-refractivity contribution in [1.29, 1.82) is 0 Å². The van der Waals surface area contributed by atoms with Gasteiger partial charge in [0.1, 0.15) is 0 Å². The monoisotopic (exact) mass is 275 g/mol. The van der Waals surface area contributed by atoms with Gasteiger partial charge in [0.25, 0.3) is 0 Å². The number of nitrogen functional groups attached to an aromatic ring is 1. The predicted molar refractivity (Wildman–Crippen MR) is 79.3 cm³/mol. The smallest absolute Gasteiger partial charge is 0.243 e. The van der Waals surface area contributed by atoms with Crippen LogP contribution in [0.2, 0.25) is 0 Å². The van der Waals surface area contributed by atoms with Crippen LogP contribution >= 0.6 is 0 Å². The molecule has 1 saturated heterocycles. The van der Waals surface area contributed by atoms with Crippen LogP contribution in [0.25, 0.3) is 0 Å². The Kier molecular flexibility index (Phi) is 4.61. The molecule has 20 heavy (non-hydrogen) atoms. The van der Waals surface area contributed by atoms with Crippen molar-refractivity contribution in [2.45, 2.75) is 32.6 Å². The summed E-state index contributed by atoms with van der Waals surface area (Å²) in [4.78, 5) is 25.5. The summed E-state index contributed by atoms with van der Waals surface area (Å²) in [5, 5.41) is 2.79. The molecule has 0 saturated carbocycles. The maximum atomic E-state index is 12.0. The van der Waals surface area contributed by atoms with Gasteiger partial charge in [-0.3, -0.25) is 9.59 Å². The van der Waals surface area contributed by atoms with E-state index in [4.69, 9.17) is 5.73 Å². The van der Waals surface area contributed by atoms with Crippen molar-refractivity contribution >= 4 is 23.2 Å². The van der Waals surface area contributed by atoms with Crippen molar-refractivity contribution < 1.29 is 9.59 Å². The number of carbonyl (C=O) groups is 2. The zero-order chi connectivity index (χ0) is 14.5. The molecule has 108 valence electrons. The minimum Gasteiger partial charge on any atom is -0.398 e. The maximum Gasteiger partial charge on any atom is 0.243 e. The fourth-order valence-corrected chi connectivity index (χ4v) is 2.30. The number of likely N-dealkylation sites (tertiary alicyclic amines) is 1. The zero-order valence-corrected chi connectivity index (χ0v) is 11.8. The number of hydrogen-bond acceptors (Lipinski definition) is 3. The Morgan fingerprint density at radius 1 is 1.35 bits per heavy atom. The highest BCUT2D eigenvalue weighted by Crippen LogP contribution is 2.17. The molecule has 0 aromatic heterocycles. The SMILES string of the molecule is Cc1ccc(NC(=O)CN2CCCCCC2=O)cc1N. The Balaban J connectivity index is 1.94. The van der Waals surface area contributed by atoms with Gasteiger partial charge < -0.3 is 16.0 Å². The molecule has 5 heteroatoms. The number of hydrogen-bond donors (Lipinski definition) is 2. The minimum absolute atomic E-state index is 0.0704. The molecular weight excluding hydrogens is 254 g/mol. The third-order valence-corrected chi connectivity index (χ3v) is 3.57. The second-order valence-electron chi connectivity index (χ2n) is 5.25. The zero-order valence-electron chi connectivity index (χ0n) is 11.8. The molecule has 0 bridgehead atoms. The van der Waals surface area contributed by atoms with Gasteiger partial charge in [-0.05, 0) is 37.5 Å². The quantitative estimate of drug-likeness (QED) is 0.827. The second kappa shape index (κ2) is 6.41. The Morgan fingerprint density at radius 3 is 2.90 bits per heavy atom. The number of aryl methyl sites for hydroxylation is 1. The summed E-state index contributed by atoms with van der Waals surface area (Å²) in [6.07, 6.45) is 3.49. The predicted octanol–water partition coefficient (Wildman–Crippen LogP) is 1.92. The number of carbonyl (C=O) groups excluding carboxylic acids is 2. The Hall–Kier alpha value is -2.04. The van der Waals surface area contributed by atoms with Crippen LogP contribution in [0.5, 0.6) is 0 Å². The van der Waals surface area contributed by atoms with E-state index in [1.807, 2.05) is 19.1 Å². The number of amides is 2. The lowest BCUT2D eigenvalue weighted by Gasteiger charge is -2.19. The molecule has 2 amide bonds. The largest absolute Gasteiger partial charge is 0.398 e.